The third-order valence-electron chi connectivity index (χ3n) is 2.62. The zero-order valence-corrected chi connectivity index (χ0v) is 12.2. The number of nitrogens with one attached hydrogen (secondary N) is 1. The van der Waals surface area contributed by atoms with Gasteiger partial charge < -0.3 is 10.1 Å². The van der Waals surface area contributed by atoms with E-state index >= 15 is 0 Å². The van der Waals surface area contributed by atoms with Gasteiger partial charge in [-0.25, -0.2) is 9.97 Å². The van der Waals surface area contributed by atoms with Crippen LogP contribution in [0.3, 0.4) is 0 Å². The summed E-state index contributed by atoms with van der Waals surface area (Å²) in [6, 6.07) is 1.94. The van der Waals surface area contributed by atoms with Gasteiger partial charge in [0.05, 0.1) is 5.69 Å². The maximum atomic E-state index is 5.67. The zero-order chi connectivity index (χ0) is 13.6. The molecule has 0 saturated heterocycles. The van der Waals surface area contributed by atoms with Crippen LogP contribution in [0.15, 0.2) is 12.3 Å². The lowest BCUT2D eigenvalue weighted by Crippen LogP contribution is -2.26. The van der Waals surface area contributed by atoms with Crippen LogP contribution >= 0.6 is 0 Å². The minimum absolute atomic E-state index is 0.428. The maximum Gasteiger partial charge on any atom is 0.159 e. The Bertz CT molecular complexity index is 364. The van der Waals surface area contributed by atoms with Crippen molar-refractivity contribution in [2.24, 2.45) is 5.92 Å². The lowest BCUT2D eigenvalue weighted by molar-refractivity contribution is -0.0209. The van der Waals surface area contributed by atoms with Crippen molar-refractivity contribution in [3.05, 3.63) is 23.8 Å². The van der Waals surface area contributed by atoms with Crippen LogP contribution in [0.2, 0.25) is 0 Å². The molecule has 4 nitrogen and oxygen atoms in total. The SMILES string of the molecule is CCOC(C)(C)c1nccc(CNCC(C)C)n1. The Morgan fingerprint density at radius 3 is 2.72 bits per heavy atom. The van der Waals surface area contributed by atoms with E-state index in [-0.39, 0.29) is 0 Å². The van der Waals surface area contributed by atoms with E-state index in [1.54, 1.807) is 6.20 Å². The summed E-state index contributed by atoms with van der Waals surface area (Å²) in [6.07, 6.45) is 1.80. The van der Waals surface area contributed by atoms with Gasteiger partial charge in [0.25, 0.3) is 0 Å². The van der Waals surface area contributed by atoms with E-state index in [0.29, 0.717) is 12.5 Å². The zero-order valence-electron chi connectivity index (χ0n) is 12.2. The van der Waals surface area contributed by atoms with Gasteiger partial charge >= 0.3 is 0 Å². The molecule has 0 aromatic carbocycles. The molecule has 4 heteroatoms. The van der Waals surface area contributed by atoms with Gasteiger partial charge in [-0.2, -0.15) is 0 Å². The van der Waals surface area contributed by atoms with Crippen molar-refractivity contribution in [3.8, 4) is 0 Å². The van der Waals surface area contributed by atoms with E-state index in [0.717, 1.165) is 24.6 Å². The smallest absolute Gasteiger partial charge is 0.159 e. The second-order valence-corrected chi connectivity index (χ2v) is 5.34. The maximum absolute atomic E-state index is 5.67. The van der Waals surface area contributed by atoms with Gasteiger partial charge in [0.2, 0.25) is 0 Å². The molecule has 1 aromatic heterocycles. The average Bonchev–Trinajstić information content (AvgIpc) is 2.29. The van der Waals surface area contributed by atoms with Crippen LogP contribution in [-0.4, -0.2) is 23.1 Å². The number of hydrogen-bond acceptors (Lipinski definition) is 4. The summed E-state index contributed by atoms with van der Waals surface area (Å²) in [5, 5.41) is 3.38. The lowest BCUT2D eigenvalue weighted by Gasteiger charge is -2.23. The molecule has 0 radical (unpaired) electrons. The van der Waals surface area contributed by atoms with Crippen molar-refractivity contribution in [2.45, 2.75) is 46.8 Å². The van der Waals surface area contributed by atoms with E-state index < -0.39 is 5.60 Å². The second-order valence-electron chi connectivity index (χ2n) is 5.34. The summed E-state index contributed by atoms with van der Waals surface area (Å²) >= 11 is 0. The summed E-state index contributed by atoms with van der Waals surface area (Å²) < 4.78 is 5.67. The summed E-state index contributed by atoms with van der Waals surface area (Å²) in [5.74, 6) is 1.39. The van der Waals surface area contributed by atoms with Crippen LogP contribution in [0.1, 0.15) is 46.1 Å². The van der Waals surface area contributed by atoms with Crippen LogP contribution in [0.4, 0.5) is 0 Å². The van der Waals surface area contributed by atoms with Gasteiger partial charge in [-0.1, -0.05) is 13.8 Å². The standard InChI is InChI=1S/C14H25N3O/c1-6-18-14(4,5)13-16-8-7-12(17-13)10-15-9-11(2)3/h7-8,11,15H,6,9-10H2,1-5H3. The van der Waals surface area contributed by atoms with E-state index in [4.69, 9.17) is 4.74 Å². The summed E-state index contributed by atoms with van der Waals surface area (Å²) in [6.45, 7) is 12.8. The molecule has 1 N–H and O–H groups in total. The third-order valence-corrected chi connectivity index (χ3v) is 2.62. The first-order chi connectivity index (χ1) is 8.45. The van der Waals surface area contributed by atoms with Crippen LogP contribution < -0.4 is 5.32 Å². The first-order valence-electron chi connectivity index (χ1n) is 6.62. The molecule has 0 aliphatic rings. The van der Waals surface area contributed by atoms with Gasteiger partial charge in [-0.05, 0) is 39.3 Å². The Labute approximate surface area is 110 Å². The normalized spacial score (nSPS) is 12.1. The molecule has 0 fully saturated rings. The van der Waals surface area contributed by atoms with Crippen LogP contribution in [0, 0.1) is 5.92 Å². The molecule has 0 saturated carbocycles. The first-order valence-corrected chi connectivity index (χ1v) is 6.62. The predicted molar refractivity (Wildman–Crippen MR) is 73.2 cm³/mol. The summed E-state index contributed by atoms with van der Waals surface area (Å²) in [5.41, 5.74) is 0.580. The first kappa shape index (κ1) is 15.1. The number of hydrogen-bond donors (Lipinski definition) is 1. The highest BCUT2D eigenvalue weighted by molar-refractivity contribution is 5.06. The van der Waals surface area contributed by atoms with Crippen LogP contribution in [0.25, 0.3) is 0 Å². The molecule has 1 heterocycles. The molecular weight excluding hydrogens is 226 g/mol. The highest BCUT2D eigenvalue weighted by Gasteiger charge is 2.24. The Morgan fingerprint density at radius 2 is 2.11 bits per heavy atom. The molecule has 18 heavy (non-hydrogen) atoms. The number of ether oxygens (including phenoxy) is 1. The fraction of sp³-hybridized carbons (Fsp3) is 0.714. The quantitative estimate of drug-likeness (QED) is 0.809. The summed E-state index contributed by atoms with van der Waals surface area (Å²) in [4.78, 5) is 8.87. The molecule has 0 amide bonds. The predicted octanol–water partition coefficient (Wildman–Crippen LogP) is 2.49. The van der Waals surface area contributed by atoms with Crippen molar-refractivity contribution in [1.82, 2.24) is 15.3 Å². The second kappa shape index (κ2) is 6.81. The fourth-order valence-corrected chi connectivity index (χ4v) is 1.70. The van der Waals surface area contributed by atoms with Crippen molar-refractivity contribution < 1.29 is 4.74 Å². The highest BCUT2D eigenvalue weighted by Crippen LogP contribution is 2.20. The monoisotopic (exact) mass is 251 g/mol. The van der Waals surface area contributed by atoms with Gasteiger partial charge in [-0.15, -0.1) is 0 Å². The minimum atomic E-state index is -0.428. The van der Waals surface area contributed by atoms with Gasteiger partial charge in [0.1, 0.15) is 5.60 Å². The molecule has 0 aliphatic heterocycles. The lowest BCUT2D eigenvalue weighted by atomic mass is 10.1. The third kappa shape index (κ3) is 4.70. The van der Waals surface area contributed by atoms with Crippen LogP contribution in [-0.2, 0) is 16.9 Å². The van der Waals surface area contributed by atoms with Gasteiger partial charge in [-0.3, -0.25) is 0 Å². The largest absolute Gasteiger partial charge is 0.368 e. The Kier molecular flexibility index (Phi) is 5.69. The molecule has 0 bridgehead atoms. The molecule has 1 rings (SSSR count). The Hall–Kier alpha value is -1.00. The molecule has 0 spiro atoms. The highest BCUT2D eigenvalue weighted by atomic mass is 16.5. The molecule has 0 unspecified atom stereocenters. The molecule has 1 aromatic rings. The molecular formula is C14H25N3O. The Balaban J connectivity index is 2.67. The molecule has 0 atom stereocenters. The summed E-state index contributed by atoms with van der Waals surface area (Å²) in [7, 11) is 0. The topological polar surface area (TPSA) is 47.0 Å². The van der Waals surface area contributed by atoms with Crippen molar-refractivity contribution in [2.75, 3.05) is 13.2 Å². The van der Waals surface area contributed by atoms with E-state index in [1.165, 1.54) is 0 Å². The van der Waals surface area contributed by atoms with Crippen molar-refractivity contribution in [1.29, 1.82) is 0 Å². The van der Waals surface area contributed by atoms with E-state index in [1.807, 2.05) is 26.8 Å². The molecule has 102 valence electrons. The van der Waals surface area contributed by atoms with Crippen molar-refractivity contribution in [3.63, 3.8) is 0 Å². The number of rotatable bonds is 7. The minimum Gasteiger partial charge on any atom is -0.368 e. The Morgan fingerprint density at radius 1 is 1.39 bits per heavy atom. The average molecular weight is 251 g/mol. The van der Waals surface area contributed by atoms with Crippen LogP contribution in [0.5, 0.6) is 0 Å². The van der Waals surface area contributed by atoms with E-state index in [2.05, 4.69) is 29.1 Å². The van der Waals surface area contributed by atoms with Gasteiger partial charge in [0.15, 0.2) is 5.82 Å². The molecule has 0 aliphatic carbocycles. The number of nitrogens with zero attached hydrogens (tertiary/aromatic N) is 2. The van der Waals surface area contributed by atoms with Crippen molar-refractivity contribution >= 4 is 0 Å². The number of aromatic nitrogens is 2. The van der Waals surface area contributed by atoms with E-state index in [9.17, 15) is 0 Å². The fourth-order valence-electron chi connectivity index (χ4n) is 1.70. The van der Waals surface area contributed by atoms with Gasteiger partial charge in [0, 0.05) is 19.3 Å².